The molecule has 3 aromatic rings. The third kappa shape index (κ3) is 5.94. The minimum atomic E-state index is -0.215. The van der Waals surface area contributed by atoms with Crippen LogP contribution in [0.4, 0.5) is 5.95 Å². The number of H-pyrrole nitrogens is 1. The molecular formula is C28H34N4O2. The highest BCUT2D eigenvalue weighted by molar-refractivity contribution is 5.35. The van der Waals surface area contributed by atoms with Gasteiger partial charge < -0.3 is 19.9 Å². The largest absolute Gasteiger partial charge is 0.508 e. The third-order valence-electron chi connectivity index (χ3n) is 6.65. The molecule has 0 bridgehead atoms. The van der Waals surface area contributed by atoms with E-state index in [1.54, 1.807) is 18.2 Å². The molecule has 0 fully saturated rings. The molecule has 0 radical (unpaired) electrons. The Hall–Kier alpha value is -3.38. The average Bonchev–Trinajstić information content (AvgIpc) is 3.21. The highest BCUT2D eigenvalue weighted by Crippen LogP contribution is 2.28. The second-order valence-electron chi connectivity index (χ2n) is 9.50. The van der Waals surface area contributed by atoms with E-state index in [4.69, 9.17) is 0 Å². The minimum Gasteiger partial charge on any atom is -0.508 e. The van der Waals surface area contributed by atoms with Crippen LogP contribution in [0.2, 0.25) is 0 Å². The van der Waals surface area contributed by atoms with E-state index in [0.717, 1.165) is 36.9 Å². The van der Waals surface area contributed by atoms with Gasteiger partial charge in [0.25, 0.3) is 5.56 Å². The zero-order valence-electron chi connectivity index (χ0n) is 20.1. The Morgan fingerprint density at radius 2 is 1.82 bits per heavy atom. The SMILES string of the molecule is C=CCN(C[C@H](Cc1ccc(O)cc1)N(C)C)c1nc(=O)cc(CC2Cc3ccccc3C2)[nH]1. The molecule has 1 heterocycles. The number of nitrogens with zero attached hydrogens (tertiary/aromatic N) is 3. The van der Waals surface area contributed by atoms with Crippen molar-refractivity contribution in [1.82, 2.24) is 14.9 Å². The Morgan fingerprint density at radius 1 is 1.15 bits per heavy atom. The highest BCUT2D eigenvalue weighted by Gasteiger charge is 2.23. The first kappa shape index (κ1) is 23.8. The molecule has 2 N–H and O–H groups in total. The van der Waals surface area contributed by atoms with Crippen LogP contribution in [0.1, 0.15) is 22.4 Å². The normalized spacial score (nSPS) is 14.2. The maximum absolute atomic E-state index is 12.5. The number of phenolic OH excluding ortho intramolecular Hbond substituents is 1. The molecule has 0 saturated heterocycles. The summed E-state index contributed by atoms with van der Waals surface area (Å²) in [5, 5.41) is 9.60. The number of aromatic nitrogens is 2. The van der Waals surface area contributed by atoms with Gasteiger partial charge in [0.05, 0.1) is 0 Å². The summed E-state index contributed by atoms with van der Waals surface area (Å²) in [6, 6.07) is 17.8. The smallest absolute Gasteiger partial charge is 0.274 e. The molecule has 6 heteroatoms. The van der Waals surface area contributed by atoms with Gasteiger partial charge in [-0.15, -0.1) is 6.58 Å². The lowest BCUT2D eigenvalue weighted by Gasteiger charge is -2.31. The predicted molar refractivity (Wildman–Crippen MR) is 138 cm³/mol. The van der Waals surface area contributed by atoms with Gasteiger partial charge in [0.2, 0.25) is 5.95 Å². The first-order valence-electron chi connectivity index (χ1n) is 11.9. The fraction of sp³-hybridized carbons (Fsp3) is 0.357. The average molecular weight is 459 g/mol. The number of fused-ring (bicyclic) bond motifs is 1. The quantitative estimate of drug-likeness (QED) is 0.454. The van der Waals surface area contributed by atoms with E-state index in [1.165, 1.54) is 11.1 Å². The van der Waals surface area contributed by atoms with Crippen molar-refractivity contribution in [1.29, 1.82) is 0 Å². The molecule has 0 amide bonds. The molecule has 1 aliphatic rings. The Labute approximate surface area is 201 Å². The van der Waals surface area contributed by atoms with Crippen LogP contribution in [0.15, 0.2) is 72.0 Å². The van der Waals surface area contributed by atoms with Crippen molar-refractivity contribution in [2.75, 3.05) is 32.1 Å². The number of hydrogen-bond acceptors (Lipinski definition) is 5. The zero-order chi connectivity index (χ0) is 24.1. The number of likely N-dealkylation sites (N-methyl/N-ethyl adjacent to an activating group) is 1. The maximum atomic E-state index is 12.5. The van der Waals surface area contributed by atoms with Gasteiger partial charge in [-0.3, -0.25) is 4.79 Å². The molecule has 0 saturated carbocycles. The molecule has 4 rings (SSSR count). The third-order valence-corrected chi connectivity index (χ3v) is 6.65. The molecule has 0 aliphatic heterocycles. The maximum Gasteiger partial charge on any atom is 0.274 e. The van der Waals surface area contributed by atoms with E-state index in [1.807, 2.05) is 18.2 Å². The summed E-state index contributed by atoms with van der Waals surface area (Å²) >= 11 is 0. The van der Waals surface area contributed by atoms with Crippen molar-refractivity contribution in [3.8, 4) is 5.75 Å². The van der Waals surface area contributed by atoms with E-state index in [0.29, 0.717) is 25.0 Å². The summed E-state index contributed by atoms with van der Waals surface area (Å²) in [4.78, 5) is 24.6. The first-order valence-corrected chi connectivity index (χ1v) is 11.9. The Kier molecular flexibility index (Phi) is 7.48. The summed E-state index contributed by atoms with van der Waals surface area (Å²) in [5.74, 6) is 1.35. The van der Waals surface area contributed by atoms with Crippen molar-refractivity contribution < 1.29 is 5.11 Å². The Bertz CT molecular complexity index is 1140. The summed E-state index contributed by atoms with van der Waals surface area (Å²) in [6.45, 7) is 5.19. The lowest BCUT2D eigenvalue weighted by atomic mass is 10.00. The second kappa shape index (κ2) is 10.7. The molecule has 1 atom stereocenters. The van der Waals surface area contributed by atoms with Crippen molar-refractivity contribution >= 4 is 5.95 Å². The van der Waals surface area contributed by atoms with Crippen LogP contribution in [-0.4, -0.2) is 53.2 Å². The van der Waals surface area contributed by atoms with E-state index >= 15 is 0 Å². The van der Waals surface area contributed by atoms with Gasteiger partial charge in [0.15, 0.2) is 0 Å². The summed E-state index contributed by atoms with van der Waals surface area (Å²) < 4.78 is 0. The van der Waals surface area contributed by atoms with Gasteiger partial charge in [0, 0.05) is 30.9 Å². The second-order valence-corrected chi connectivity index (χ2v) is 9.50. The molecule has 1 aliphatic carbocycles. The summed E-state index contributed by atoms with van der Waals surface area (Å²) in [6.07, 6.45) is 5.56. The first-order chi connectivity index (χ1) is 16.4. The topological polar surface area (TPSA) is 72.5 Å². The summed E-state index contributed by atoms with van der Waals surface area (Å²) in [5.41, 5.74) is 4.70. The van der Waals surface area contributed by atoms with Crippen molar-refractivity contribution in [2.24, 2.45) is 5.92 Å². The van der Waals surface area contributed by atoms with E-state index in [-0.39, 0.29) is 17.4 Å². The molecule has 2 aromatic carbocycles. The Balaban J connectivity index is 1.51. The van der Waals surface area contributed by atoms with Crippen LogP contribution in [0.25, 0.3) is 0 Å². The predicted octanol–water partition coefficient (Wildman–Crippen LogP) is 3.60. The number of anilines is 1. The zero-order valence-corrected chi connectivity index (χ0v) is 20.1. The fourth-order valence-electron chi connectivity index (χ4n) is 4.83. The molecule has 34 heavy (non-hydrogen) atoms. The molecule has 178 valence electrons. The van der Waals surface area contributed by atoms with E-state index in [2.05, 4.69) is 64.7 Å². The monoisotopic (exact) mass is 458 g/mol. The number of aromatic hydroxyl groups is 1. The standard InChI is InChI=1S/C28H34N4O2/c1-4-13-32(19-25(31(2)3)17-20-9-11-26(33)12-10-20)28-29-24(18-27(34)30-28)16-21-14-22-7-5-6-8-23(22)15-21/h4-12,18,21,25,33H,1,13-17,19H2,2-3H3,(H,29,30,34)/t25-/m0/s1. The van der Waals surface area contributed by atoms with Crippen LogP contribution in [-0.2, 0) is 25.7 Å². The molecule has 0 spiro atoms. The van der Waals surface area contributed by atoms with Gasteiger partial charge in [-0.25, -0.2) is 0 Å². The molecule has 0 unspecified atom stereocenters. The molecular weight excluding hydrogens is 424 g/mol. The van der Waals surface area contributed by atoms with Crippen molar-refractivity contribution in [3.05, 3.63) is 100.0 Å². The van der Waals surface area contributed by atoms with Gasteiger partial charge in [-0.05, 0) is 74.5 Å². The number of rotatable bonds is 10. The van der Waals surface area contributed by atoms with Gasteiger partial charge >= 0.3 is 0 Å². The number of benzene rings is 2. The number of aromatic amines is 1. The summed E-state index contributed by atoms with van der Waals surface area (Å²) in [7, 11) is 4.11. The van der Waals surface area contributed by atoms with E-state index < -0.39 is 0 Å². The van der Waals surface area contributed by atoms with Crippen LogP contribution in [0, 0.1) is 5.92 Å². The minimum absolute atomic E-state index is 0.183. The van der Waals surface area contributed by atoms with E-state index in [9.17, 15) is 9.90 Å². The van der Waals surface area contributed by atoms with Gasteiger partial charge in [-0.2, -0.15) is 4.98 Å². The number of hydrogen-bond donors (Lipinski definition) is 2. The van der Waals surface area contributed by atoms with Gasteiger partial charge in [0.1, 0.15) is 5.75 Å². The van der Waals surface area contributed by atoms with Gasteiger partial charge in [-0.1, -0.05) is 42.5 Å². The number of nitrogens with one attached hydrogen (secondary N) is 1. The van der Waals surface area contributed by atoms with Crippen molar-refractivity contribution in [2.45, 2.75) is 31.7 Å². The number of phenols is 1. The Morgan fingerprint density at radius 3 is 2.44 bits per heavy atom. The molecule has 6 nitrogen and oxygen atoms in total. The molecule has 1 aromatic heterocycles. The lowest BCUT2D eigenvalue weighted by molar-refractivity contribution is 0.293. The van der Waals surface area contributed by atoms with Crippen LogP contribution >= 0.6 is 0 Å². The van der Waals surface area contributed by atoms with Crippen LogP contribution < -0.4 is 10.5 Å². The van der Waals surface area contributed by atoms with Crippen LogP contribution in [0.5, 0.6) is 5.75 Å². The van der Waals surface area contributed by atoms with Crippen molar-refractivity contribution in [3.63, 3.8) is 0 Å². The fourth-order valence-corrected chi connectivity index (χ4v) is 4.83. The lowest BCUT2D eigenvalue weighted by Crippen LogP contribution is -2.43. The highest BCUT2D eigenvalue weighted by atomic mass is 16.3. The van der Waals surface area contributed by atoms with Crippen LogP contribution in [0.3, 0.4) is 0 Å².